The molecule has 0 atom stereocenters. The Hall–Kier alpha value is -0.520. The van der Waals surface area contributed by atoms with E-state index in [1.807, 2.05) is 0 Å². The summed E-state index contributed by atoms with van der Waals surface area (Å²) in [4.78, 5) is 0. The molecule has 0 aliphatic heterocycles. The van der Waals surface area contributed by atoms with Crippen molar-refractivity contribution in [1.29, 1.82) is 0 Å². The van der Waals surface area contributed by atoms with Crippen LogP contribution < -0.4 is 0 Å². The van der Waals surface area contributed by atoms with E-state index in [-0.39, 0.29) is 0 Å². The van der Waals surface area contributed by atoms with Gasteiger partial charge < -0.3 is 0 Å². The van der Waals surface area contributed by atoms with Crippen LogP contribution >= 0.6 is 0 Å². The second-order valence-corrected chi connectivity index (χ2v) is 3.83. The fraction of sp³-hybridized carbons (Fsp3) is 0.714. The lowest BCUT2D eigenvalue weighted by atomic mass is 10.1. The standard InChI is InChI=1S/C14H26/c1-3-5-7-9-11-13-14-12-10-8-6-4-2/h3,5,9,11H,4,6-8,10,12-14H2,1-2H3/b5-3-,11-9-. The van der Waals surface area contributed by atoms with E-state index in [2.05, 4.69) is 38.2 Å². The molecular formula is C14H26. The van der Waals surface area contributed by atoms with Gasteiger partial charge in [-0.05, 0) is 26.2 Å². The Balaban J connectivity index is 3.01. The maximum absolute atomic E-state index is 2.32. The first kappa shape index (κ1) is 13.5. The minimum absolute atomic E-state index is 1.10. The lowest BCUT2D eigenvalue weighted by Crippen LogP contribution is -1.77. The van der Waals surface area contributed by atoms with Gasteiger partial charge in [0.15, 0.2) is 0 Å². The van der Waals surface area contributed by atoms with Crippen LogP contribution in [0, 0.1) is 0 Å². The van der Waals surface area contributed by atoms with Crippen molar-refractivity contribution in [2.45, 2.75) is 65.2 Å². The molecule has 0 aromatic heterocycles. The minimum Gasteiger partial charge on any atom is -0.0914 e. The van der Waals surface area contributed by atoms with Gasteiger partial charge >= 0.3 is 0 Å². The maximum Gasteiger partial charge on any atom is -0.0169 e. The van der Waals surface area contributed by atoms with Crippen LogP contribution in [0.5, 0.6) is 0 Å². The molecule has 0 unspecified atom stereocenters. The highest BCUT2D eigenvalue weighted by Crippen LogP contribution is 2.07. The summed E-state index contributed by atoms with van der Waals surface area (Å²) in [5.41, 5.74) is 0. The van der Waals surface area contributed by atoms with Crippen LogP contribution in [0.4, 0.5) is 0 Å². The summed E-state index contributed by atoms with van der Waals surface area (Å²) >= 11 is 0. The van der Waals surface area contributed by atoms with Crippen molar-refractivity contribution >= 4 is 0 Å². The number of unbranched alkanes of at least 4 members (excludes halogenated alkanes) is 6. The van der Waals surface area contributed by atoms with E-state index in [9.17, 15) is 0 Å². The molecule has 0 fully saturated rings. The predicted octanol–water partition coefficient (Wildman–Crippen LogP) is 5.26. The summed E-state index contributed by atoms with van der Waals surface area (Å²) in [5.74, 6) is 0. The lowest BCUT2D eigenvalue weighted by Gasteiger charge is -1.97. The maximum atomic E-state index is 2.32. The molecule has 82 valence electrons. The van der Waals surface area contributed by atoms with Crippen molar-refractivity contribution in [3.05, 3.63) is 24.3 Å². The van der Waals surface area contributed by atoms with E-state index in [4.69, 9.17) is 0 Å². The Morgan fingerprint density at radius 3 is 2.21 bits per heavy atom. The zero-order valence-electron chi connectivity index (χ0n) is 9.97. The van der Waals surface area contributed by atoms with E-state index in [0.29, 0.717) is 0 Å². The molecule has 0 bridgehead atoms. The van der Waals surface area contributed by atoms with Gasteiger partial charge in [-0.15, -0.1) is 0 Å². The molecule has 0 nitrogen and oxygen atoms in total. The van der Waals surface area contributed by atoms with Gasteiger partial charge in [-0.3, -0.25) is 0 Å². The molecule has 0 N–H and O–H groups in total. The molecule has 0 heteroatoms. The molecule has 0 saturated heterocycles. The van der Waals surface area contributed by atoms with Crippen LogP contribution in [-0.2, 0) is 0 Å². The van der Waals surface area contributed by atoms with E-state index >= 15 is 0 Å². The smallest absolute Gasteiger partial charge is 0.0169 e. The van der Waals surface area contributed by atoms with Gasteiger partial charge in [0.05, 0.1) is 0 Å². The molecule has 0 aliphatic carbocycles. The van der Waals surface area contributed by atoms with Crippen molar-refractivity contribution in [2.75, 3.05) is 0 Å². The Kier molecular flexibility index (Phi) is 12.0. The highest BCUT2D eigenvalue weighted by atomic mass is 13.9. The molecule has 0 heterocycles. The van der Waals surface area contributed by atoms with Gasteiger partial charge in [0.1, 0.15) is 0 Å². The Labute approximate surface area is 90.1 Å². The van der Waals surface area contributed by atoms with Gasteiger partial charge in [-0.2, -0.15) is 0 Å². The Bertz CT molecular complexity index is 142. The zero-order valence-corrected chi connectivity index (χ0v) is 9.97. The van der Waals surface area contributed by atoms with Crippen LogP contribution in [0.2, 0.25) is 0 Å². The highest BCUT2D eigenvalue weighted by Gasteiger charge is 1.87. The zero-order chi connectivity index (χ0) is 10.5. The molecule has 0 saturated carbocycles. The van der Waals surface area contributed by atoms with Crippen molar-refractivity contribution in [3.63, 3.8) is 0 Å². The summed E-state index contributed by atoms with van der Waals surface area (Å²) in [5, 5.41) is 0. The Morgan fingerprint density at radius 1 is 0.786 bits per heavy atom. The van der Waals surface area contributed by atoms with Crippen LogP contribution in [0.15, 0.2) is 24.3 Å². The van der Waals surface area contributed by atoms with E-state index in [0.717, 1.165) is 6.42 Å². The molecule has 0 radical (unpaired) electrons. The van der Waals surface area contributed by atoms with Crippen molar-refractivity contribution < 1.29 is 0 Å². The molecule has 14 heavy (non-hydrogen) atoms. The van der Waals surface area contributed by atoms with Crippen LogP contribution in [0.25, 0.3) is 0 Å². The van der Waals surface area contributed by atoms with E-state index in [1.165, 1.54) is 44.9 Å². The van der Waals surface area contributed by atoms with Crippen molar-refractivity contribution in [1.82, 2.24) is 0 Å². The van der Waals surface area contributed by atoms with Gasteiger partial charge in [0.2, 0.25) is 0 Å². The lowest BCUT2D eigenvalue weighted by molar-refractivity contribution is 0.611. The predicted molar refractivity (Wildman–Crippen MR) is 66.6 cm³/mol. The highest BCUT2D eigenvalue weighted by molar-refractivity contribution is 4.91. The monoisotopic (exact) mass is 194 g/mol. The summed E-state index contributed by atoms with van der Waals surface area (Å²) in [6, 6.07) is 0. The van der Waals surface area contributed by atoms with Gasteiger partial charge in [-0.1, -0.05) is 63.3 Å². The molecule has 0 aromatic rings. The van der Waals surface area contributed by atoms with Gasteiger partial charge in [-0.25, -0.2) is 0 Å². The van der Waals surface area contributed by atoms with E-state index in [1.54, 1.807) is 0 Å². The topological polar surface area (TPSA) is 0 Å². The number of allylic oxidation sites excluding steroid dienone is 4. The van der Waals surface area contributed by atoms with Crippen LogP contribution in [0.1, 0.15) is 65.2 Å². The molecule has 0 spiro atoms. The van der Waals surface area contributed by atoms with E-state index < -0.39 is 0 Å². The van der Waals surface area contributed by atoms with Crippen LogP contribution in [-0.4, -0.2) is 0 Å². The molecular weight excluding hydrogens is 168 g/mol. The average Bonchev–Trinajstić information content (AvgIpc) is 2.21. The third kappa shape index (κ3) is 11.5. The first-order valence-corrected chi connectivity index (χ1v) is 6.18. The second-order valence-electron chi connectivity index (χ2n) is 3.83. The second kappa shape index (κ2) is 12.5. The summed E-state index contributed by atoms with van der Waals surface area (Å²) in [6.07, 6.45) is 19.7. The third-order valence-electron chi connectivity index (χ3n) is 2.40. The molecule has 0 rings (SSSR count). The normalized spacial score (nSPS) is 11.9. The minimum atomic E-state index is 1.10. The fourth-order valence-electron chi connectivity index (χ4n) is 1.47. The first-order chi connectivity index (χ1) is 6.91. The molecule has 0 aliphatic rings. The SMILES string of the molecule is C/C=C\C/C=C\CCCCCCCC. The molecule has 0 aromatic carbocycles. The first-order valence-electron chi connectivity index (χ1n) is 6.18. The van der Waals surface area contributed by atoms with Crippen molar-refractivity contribution in [3.8, 4) is 0 Å². The third-order valence-corrected chi connectivity index (χ3v) is 2.40. The van der Waals surface area contributed by atoms with Crippen molar-refractivity contribution in [2.24, 2.45) is 0 Å². The summed E-state index contributed by atoms with van der Waals surface area (Å²) in [6.45, 7) is 4.34. The Morgan fingerprint density at radius 2 is 1.50 bits per heavy atom. The summed E-state index contributed by atoms with van der Waals surface area (Å²) in [7, 11) is 0. The number of rotatable bonds is 9. The summed E-state index contributed by atoms with van der Waals surface area (Å²) < 4.78 is 0. The van der Waals surface area contributed by atoms with Gasteiger partial charge in [0, 0.05) is 0 Å². The average molecular weight is 194 g/mol. The molecule has 0 amide bonds. The van der Waals surface area contributed by atoms with Gasteiger partial charge in [0.25, 0.3) is 0 Å². The fourth-order valence-corrected chi connectivity index (χ4v) is 1.47. The quantitative estimate of drug-likeness (QED) is 0.347. The number of hydrogen-bond acceptors (Lipinski definition) is 0. The van der Waals surface area contributed by atoms with Crippen LogP contribution in [0.3, 0.4) is 0 Å². The number of hydrogen-bond donors (Lipinski definition) is 0. The largest absolute Gasteiger partial charge is 0.0914 e.